The van der Waals surface area contributed by atoms with Crippen molar-refractivity contribution in [2.45, 2.75) is 46.0 Å². The lowest BCUT2D eigenvalue weighted by Gasteiger charge is -2.36. The van der Waals surface area contributed by atoms with Gasteiger partial charge < -0.3 is 9.80 Å². The second kappa shape index (κ2) is 6.58. The fraction of sp³-hybridized carbons (Fsp3) is 0.579. The van der Waals surface area contributed by atoms with Gasteiger partial charge in [-0.2, -0.15) is 0 Å². The number of piperazine rings is 1. The number of aromatic nitrogens is 4. The van der Waals surface area contributed by atoms with Crippen LogP contribution in [0.15, 0.2) is 12.4 Å². The summed E-state index contributed by atoms with van der Waals surface area (Å²) >= 11 is 0. The number of nitrogens with zero attached hydrogens (tertiary/aromatic N) is 6. The average Bonchev–Trinajstić information content (AvgIpc) is 3.49. The van der Waals surface area contributed by atoms with Crippen LogP contribution in [-0.2, 0) is 6.42 Å². The lowest BCUT2D eigenvalue weighted by atomic mass is 10.2. The summed E-state index contributed by atoms with van der Waals surface area (Å²) in [6.45, 7) is 10.1. The zero-order valence-corrected chi connectivity index (χ0v) is 15.4. The molecule has 3 heterocycles. The predicted molar refractivity (Wildman–Crippen MR) is 99.3 cm³/mol. The first-order chi connectivity index (χ1) is 12.2. The van der Waals surface area contributed by atoms with Gasteiger partial charge >= 0.3 is 0 Å². The van der Waals surface area contributed by atoms with Crippen LogP contribution in [0.4, 0.5) is 11.8 Å². The average molecular weight is 338 g/mol. The van der Waals surface area contributed by atoms with Crippen molar-refractivity contribution in [1.82, 2.24) is 19.9 Å². The molecule has 0 amide bonds. The monoisotopic (exact) mass is 338 g/mol. The van der Waals surface area contributed by atoms with Gasteiger partial charge in [-0.05, 0) is 38.7 Å². The molecule has 2 aromatic rings. The number of hydrogen-bond acceptors (Lipinski definition) is 6. The maximum atomic E-state index is 4.90. The van der Waals surface area contributed by atoms with Crippen molar-refractivity contribution in [1.29, 1.82) is 0 Å². The smallest absolute Gasteiger partial charge is 0.225 e. The first-order valence-corrected chi connectivity index (χ1v) is 9.31. The summed E-state index contributed by atoms with van der Waals surface area (Å²) in [5.41, 5.74) is 3.51. The normalized spacial score (nSPS) is 17.9. The van der Waals surface area contributed by atoms with Crippen LogP contribution in [0.5, 0.6) is 0 Å². The maximum absolute atomic E-state index is 4.90. The molecule has 0 atom stereocenters. The molecule has 0 aromatic carbocycles. The minimum atomic E-state index is 0.588. The van der Waals surface area contributed by atoms with Gasteiger partial charge in [-0.1, -0.05) is 6.92 Å². The van der Waals surface area contributed by atoms with Crippen LogP contribution < -0.4 is 9.80 Å². The summed E-state index contributed by atoms with van der Waals surface area (Å²) < 4.78 is 0. The molecule has 4 rings (SSSR count). The van der Waals surface area contributed by atoms with E-state index in [0.717, 1.165) is 55.9 Å². The van der Waals surface area contributed by atoms with Crippen molar-refractivity contribution in [3.8, 4) is 0 Å². The highest BCUT2D eigenvalue weighted by atomic mass is 15.3. The highest BCUT2D eigenvalue weighted by Crippen LogP contribution is 2.39. The Morgan fingerprint density at radius 1 is 0.960 bits per heavy atom. The first-order valence-electron chi connectivity index (χ1n) is 9.31. The van der Waals surface area contributed by atoms with Gasteiger partial charge in [-0.15, -0.1) is 0 Å². The molecule has 25 heavy (non-hydrogen) atoms. The summed E-state index contributed by atoms with van der Waals surface area (Å²) in [5.74, 6) is 3.59. The highest BCUT2D eigenvalue weighted by Gasteiger charge is 2.29. The Bertz CT molecular complexity index is 745. The lowest BCUT2D eigenvalue weighted by Crippen LogP contribution is -2.47. The molecule has 6 heteroatoms. The van der Waals surface area contributed by atoms with Crippen LogP contribution in [-0.4, -0.2) is 46.1 Å². The van der Waals surface area contributed by atoms with Gasteiger partial charge in [-0.3, -0.25) is 0 Å². The second-order valence-electron chi connectivity index (χ2n) is 7.11. The number of hydrogen-bond donors (Lipinski definition) is 0. The molecule has 0 bridgehead atoms. The SMILES string of the molecule is CCc1cnc(N2CCN(c3nc(C4CC4)nc(C)c3C)CC2)nc1. The molecule has 2 aliphatic rings. The number of anilines is 2. The van der Waals surface area contributed by atoms with Gasteiger partial charge in [0.2, 0.25) is 5.95 Å². The van der Waals surface area contributed by atoms with Crippen LogP contribution >= 0.6 is 0 Å². The molecule has 1 saturated carbocycles. The zero-order chi connectivity index (χ0) is 17.4. The van der Waals surface area contributed by atoms with E-state index < -0.39 is 0 Å². The van der Waals surface area contributed by atoms with Gasteiger partial charge in [0.15, 0.2) is 0 Å². The molecule has 1 saturated heterocycles. The Kier molecular flexibility index (Phi) is 4.27. The van der Waals surface area contributed by atoms with Crippen LogP contribution in [0.2, 0.25) is 0 Å². The Morgan fingerprint density at radius 2 is 1.60 bits per heavy atom. The third-order valence-corrected chi connectivity index (χ3v) is 5.29. The van der Waals surface area contributed by atoms with E-state index in [1.807, 2.05) is 12.4 Å². The Hall–Kier alpha value is -2.24. The molecule has 0 spiro atoms. The fourth-order valence-electron chi connectivity index (χ4n) is 3.28. The minimum absolute atomic E-state index is 0.588. The van der Waals surface area contributed by atoms with Crippen LogP contribution in [0.25, 0.3) is 0 Å². The van der Waals surface area contributed by atoms with E-state index in [1.165, 1.54) is 24.0 Å². The van der Waals surface area contributed by atoms with Gasteiger partial charge in [0.1, 0.15) is 11.6 Å². The molecule has 132 valence electrons. The van der Waals surface area contributed by atoms with Gasteiger partial charge in [0.05, 0.1) is 0 Å². The predicted octanol–water partition coefficient (Wildman–Crippen LogP) is 2.65. The van der Waals surface area contributed by atoms with E-state index in [9.17, 15) is 0 Å². The van der Waals surface area contributed by atoms with Crippen molar-refractivity contribution in [2.24, 2.45) is 0 Å². The molecule has 1 aliphatic carbocycles. The molecular formula is C19H26N6. The van der Waals surface area contributed by atoms with E-state index in [4.69, 9.17) is 9.97 Å². The molecule has 0 unspecified atom stereocenters. The van der Waals surface area contributed by atoms with Crippen molar-refractivity contribution in [3.63, 3.8) is 0 Å². The lowest BCUT2D eigenvalue weighted by molar-refractivity contribution is 0.629. The standard InChI is InChI=1S/C19H26N6/c1-4-15-11-20-19(21-12-15)25-9-7-24(8-10-25)18-13(2)14(3)22-17(23-18)16-5-6-16/h11-12,16H,4-10H2,1-3H3. The molecular weight excluding hydrogens is 312 g/mol. The number of rotatable bonds is 4. The van der Waals surface area contributed by atoms with E-state index in [0.29, 0.717) is 5.92 Å². The minimum Gasteiger partial charge on any atom is -0.353 e. The van der Waals surface area contributed by atoms with Crippen molar-refractivity contribution >= 4 is 11.8 Å². The number of aryl methyl sites for hydroxylation is 2. The third-order valence-electron chi connectivity index (χ3n) is 5.29. The molecule has 2 fully saturated rings. The zero-order valence-electron chi connectivity index (χ0n) is 15.4. The fourth-order valence-corrected chi connectivity index (χ4v) is 3.28. The van der Waals surface area contributed by atoms with Crippen molar-refractivity contribution < 1.29 is 0 Å². The maximum Gasteiger partial charge on any atom is 0.225 e. The van der Waals surface area contributed by atoms with Crippen LogP contribution in [0.1, 0.15) is 48.3 Å². The molecule has 1 aliphatic heterocycles. The second-order valence-corrected chi connectivity index (χ2v) is 7.11. The molecule has 0 N–H and O–H groups in total. The van der Waals surface area contributed by atoms with E-state index in [2.05, 4.69) is 40.5 Å². The largest absolute Gasteiger partial charge is 0.353 e. The van der Waals surface area contributed by atoms with Gasteiger partial charge in [0.25, 0.3) is 0 Å². The summed E-state index contributed by atoms with van der Waals surface area (Å²) in [5, 5.41) is 0. The summed E-state index contributed by atoms with van der Waals surface area (Å²) in [7, 11) is 0. The summed E-state index contributed by atoms with van der Waals surface area (Å²) in [4.78, 5) is 23.3. The van der Waals surface area contributed by atoms with E-state index >= 15 is 0 Å². The van der Waals surface area contributed by atoms with Gasteiger partial charge in [-0.25, -0.2) is 19.9 Å². The Balaban J connectivity index is 1.48. The topological polar surface area (TPSA) is 58.0 Å². The molecule has 6 nitrogen and oxygen atoms in total. The van der Waals surface area contributed by atoms with Crippen LogP contribution in [0, 0.1) is 13.8 Å². The Morgan fingerprint density at radius 3 is 2.20 bits per heavy atom. The molecule has 0 radical (unpaired) electrons. The van der Waals surface area contributed by atoms with Crippen molar-refractivity contribution in [3.05, 3.63) is 35.0 Å². The van der Waals surface area contributed by atoms with Gasteiger partial charge in [0, 0.05) is 55.7 Å². The summed E-state index contributed by atoms with van der Waals surface area (Å²) in [6.07, 6.45) is 7.33. The quantitative estimate of drug-likeness (QED) is 0.854. The van der Waals surface area contributed by atoms with E-state index in [1.54, 1.807) is 0 Å². The Labute approximate surface area is 149 Å². The molecule has 2 aromatic heterocycles. The van der Waals surface area contributed by atoms with E-state index in [-0.39, 0.29) is 0 Å². The summed E-state index contributed by atoms with van der Waals surface area (Å²) in [6, 6.07) is 0. The first kappa shape index (κ1) is 16.2. The third kappa shape index (κ3) is 3.30. The van der Waals surface area contributed by atoms with Crippen LogP contribution in [0.3, 0.4) is 0 Å². The van der Waals surface area contributed by atoms with Crippen molar-refractivity contribution in [2.75, 3.05) is 36.0 Å². The highest BCUT2D eigenvalue weighted by molar-refractivity contribution is 5.50.